The summed E-state index contributed by atoms with van der Waals surface area (Å²) < 4.78 is 5.13. The minimum atomic E-state index is 0.469. The van der Waals surface area contributed by atoms with Gasteiger partial charge in [-0.1, -0.05) is 0 Å². The highest BCUT2D eigenvalue weighted by Crippen LogP contribution is 2.23. The van der Waals surface area contributed by atoms with Crippen LogP contribution in [0.3, 0.4) is 0 Å². The maximum absolute atomic E-state index is 5.75. The number of nitrogen functional groups attached to an aromatic ring is 1. The molecule has 1 aliphatic heterocycles. The van der Waals surface area contributed by atoms with Crippen molar-refractivity contribution in [3.05, 3.63) is 12.1 Å². The van der Waals surface area contributed by atoms with Gasteiger partial charge in [-0.25, -0.2) is 0 Å². The molecule has 2 rings (SSSR count). The van der Waals surface area contributed by atoms with Gasteiger partial charge in [0.15, 0.2) is 0 Å². The quantitative estimate of drug-likeness (QED) is 0.852. The van der Waals surface area contributed by atoms with Gasteiger partial charge in [-0.05, 0) is 38.9 Å². The van der Waals surface area contributed by atoms with Crippen LogP contribution < -0.4 is 15.8 Å². The summed E-state index contributed by atoms with van der Waals surface area (Å²) in [6.07, 6.45) is 2.26. The molecule has 1 aromatic heterocycles. The van der Waals surface area contributed by atoms with E-state index < -0.39 is 0 Å². The van der Waals surface area contributed by atoms with Crippen molar-refractivity contribution in [2.75, 3.05) is 31.8 Å². The van der Waals surface area contributed by atoms with E-state index in [9.17, 15) is 0 Å². The van der Waals surface area contributed by atoms with Gasteiger partial charge in [0.25, 0.3) is 0 Å². The predicted octanol–water partition coefficient (Wildman–Crippen LogP) is 1.57. The number of likely N-dealkylation sites (tertiary alicyclic amines) is 1. The van der Waals surface area contributed by atoms with E-state index in [1.807, 2.05) is 12.1 Å². The second-order valence-corrected chi connectivity index (χ2v) is 4.99. The number of nitrogens with one attached hydrogen (secondary N) is 1. The van der Waals surface area contributed by atoms with Crippen molar-refractivity contribution in [3.63, 3.8) is 0 Å². The zero-order chi connectivity index (χ0) is 13.1. The van der Waals surface area contributed by atoms with Crippen LogP contribution in [0.2, 0.25) is 0 Å². The minimum Gasteiger partial charge on any atom is -0.479 e. The zero-order valence-corrected chi connectivity index (χ0v) is 11.3. The summed E-state index contributed by atoms with van der Waals surface area (Å²) in [6, 6.07) is 4.80. The number of hydrogen-bond donors (Lipinski definition) is 2. The normalized spacial score (nSPS) is 24.8. The second kappa shape index (κ2) is 5.44. The van der Waals surface area contributed by atoms with Crippen molar-refractivity contribution in [1.29, 1.82) is 0 Å². The Morgan fingerprint density at radius 3 is 2.94 bits per heavy atom. The SMILES string of the molecule is COc1nc(NC2CCN(C)C(C)C2)ccc1N. The molecule has 0 aliphatic carbocycles. The van der Waals surface area contributed by atoms with Crippen LogP contribution in [0, 0.1) is 0 Å². The lowest BCUT2D eigenvalue weighted by molar-refractivity contribution is 0.190. The Kier molecular flexibility index (Phi) is 3.91. The second-order valence-electron chi connectivity index (χ2n) is 4.99. The first-order chi connectivity index (χ1) is 8.60. The fourth-order valence-electron chi connectivity index (χ4n) is 2.32. The summed E-state index contributed by atoms with van der Waals surface area (Å²) in [5, 5.41) is 3.46. The molecule has 1 aromatic rings. The van der Waals surface area contributed by atoms with Crippen LogP contribution in [0.5, 0.6) is 5.88 Å². The summed E-state index contributed by atoms with van der Waals surface area (Å²) in [6.45, 7) is 3.37. The molecule has 1 fully saturated rings. The van der Waals surface area contributed by atoms with E-state index in [0.717, 1.165) is 25.2 Å². The number of piperidine rings is 1. The molecule has 100 valence electrons. The van der Waals surface area contributed by atoms with Crippen molar-refractivity contribution >= 4 is 11.5 Å². The van der Waals surface area contributed by atoms with Gasteiger partial charge in [-0.2, -0.15) is 4.98 Å². The van der Waals surface area contributed by atoms with E-state index in [0.29, 0.717) is 23.7 Å². The number of aromatic nitrogens is 1. The average molecular weight is 250 g/mol. The molecule has 0 spiro atoms. The number of nitrogens with zero attached hydrogens (tertiary/aromatic N) is 2. The van der Waals surface area contributed by atoms with Gasteiger partial charge in [0.05, 0.1) is 12.8 Å². The monoisotopic (exact) mass is 250 g/mol. The summed E-state index contributed by atoms with van der Waals surface area (Å²) in [5.74, 6) is 1.32. The lowest BCUT2D eigenvalue weighted by atomic mass is 9.99. The topological polar surface area (TPSA) is 63.4 Å². The minimum absolute atomic E-state index is 0.469. The molecule has 5 nitrogen and oxygen atoms in total. The fraction of sp³-hybridized carbons (Fsp3) is 0.615. The summed E-state index contributed by atoms with van der Waals surface area (Å²) >= 11 is 0. The molecular weight excluding hydrogens is 228 g/mol. The van der Waals surface area contributed by atoms with E-state index in [2.05, 4.69) is 29.2 Å². The third-order valence-electron chi connectivity index (χ3n) is 3.64. The molecule has 1 saturated heterocycles. The molecule has 0 aromatic carbocycles. The van der Waals surface area contributed by atoms with Crippen molar-refractivity contribution < 1.29 is 4.74 Å². The molecule has 0 amide bonds. The fourth-order valence-corrected chi connectivity index (χ4v) is 2.32. The van der Waals surface area contributed by atoms with Crippen LogP contribution in [-0.2, 0) is 0 Å². The standard InChI is InChI=1S/C13H22N4O/c1-9-8-10(6-7-17(9)2)15-12-5-4-11(14)13(16-12)18-3/h4-5,9-10H,6-8,14H2,1-3H3,(H,15,16). The van der Waals surface area contributed by atoms with Gasteiger partial charge in [0, 0.05) is 18.6 Å². The van der Waals surface area contributed by atoms with E-state index in [1.54, 1.807) is 7.11 Å². The van der Waals surface area contributed by atoms with Gasteiger partial charge >= 0.3 is 0 Å². The first kappa shape index (κ1) is 13.0. The zero-order valence-electron chi connectivity index (χ0n) is 11.3. The smallest absolute Gasteiger partial charge is 0.238 e. The largest absolute Gasteiger partial charge is 0.479 e. The number of hydrogen-bond acceptors (Lipinski definition) is 5. The number of rotatable bonds is 3. The highest BCUT2D eigenvalue weighted by molar-refractivity contribution is 5.53. The molecule has 2 atom stereocenters. The van der Waals surface area contributed by atoms with Crippen molar-refractivity contribution in [2.45, 2.75) is 31.8 Å². The lowest BCUT2D eigenvalue weighted by Gasteiger charge is -2.35. The molecular formula is C13H22N4O. The summed E-state index contributed by atoms with van der Waals surface area (Å²) in [5.41, 5.74) is 6.32. The third-order valence-corrected chi connectivity index (χ3v) is 3.64. The molecule has 1 aliphatic rings. The summed E-state index contributed by atoms with van der Waals surface area (Å²) in [4.78, 5) is 6.74. The maximum Gasteiger partial charge on any atom is 0.238 e. The van der Waals surface area contributed by atoms with Crippen LogP contribution in [0.1, 0.15) is 19.8 Å². The van der Waals surface area contributed by atoms with Crippen molar-refractivity contribution in [1.82, 2.24) is 9.88 Å². The Morgan fingerprint density at radius 1 is 1.50 bits per heavy atom. The van der Waals surface area contributed by atoms with Crippen LogP contribution in [0.4, 0.5) is 11.5 Å². The van der Waals surface area contributed by atoms with Crippen molar-refractivity contribution in [3.8, 4) is 5.88 Å². The third kappa shape index (κ3) is 2.85. The highest BCUT2D eigenvalue weighted by atomic mass is 16.5. The molecule has 18 heavy (non-hydrogen) atoms. The molecule has 2 heterocycles. The van der Waals surface area contributed by atoms with Crippen LogP contribution >= 0.6 is 0 Å². The van der Waals surface area contributed by atoms with Crippen molar-refractivity contribution in [2.24, 2.45) is 0 Å². The number of anilines is 2. The van der Waals surface area contributed by atoms with E-state index in [4.69, 9.17) is 10.5 Å². The van der Waals surface area contributed by atoms with E-state index in [1.165, 1.54) is 0 Å². The Bertz CT molecular complexity index is 410. The molecule has 3 N–H and O–H groups in total. The Balaban J connectivity index is 2.01. The highest BCUT2D eigenvalue weighted by Gasteiger charge is 2.22. The average Bonchev–Trinajstić information content (AvgIpc) is 2.36. The molecule has 0 saturated carbocycles. The number of ether oxygens (including phenoxy) is 1. The van der Waals surface area contributed by atoms with Gasteiger partial charge in [0.2, 0.25) is 5.88 Å². The summed E-state index contributed by atoms with van der Waals surface area (Å²) in [7, 11) is 3.76. The van der Waals surface area contributed by atoms with Gasteiger partial charge in [0.1, 0.15) is 5.82 Å². The number of methoxy groups -OCH3 is 1. The first-order valence-corrected chi connectivity index (χ1v) is 6.37. The maximum atomic E-state index is 5.75. The molecule has 0 bridgehead atoms. The Labute approximate surface area is 108 Å². The van der Waals surface area contributed by atoms with Crippen LogP contribution in [0.15, 0.2) is 12.1 Å². The van der Waals surface area contributed by atoms with Gasteiger partial charge < -0.3 is 20.7 Å². The molecule has 0 radical (unpaired) electrons. The number of nitrogens with two attached hydrogens (primary N) is 1. The lowest BCUT2D eigenvalue weighted by Crippen LogP contribution is -2.42. The Morgan fingerprint density at radius 2 is 2.28 bits per heavy atom. The number of pyridine rings is 1. The van der Waals surface area contributed by atoms with E-state index in [-0.39, 0.29) is 0 Å². The van der Waals surface area contributed by atoms with Gasteiger partial charge in [-0.15, -0.1) is 0 Å². The predicted molar refractivity (Wildman–Crippen MR) is 73.9 cm³/mol. The Hall–Kier alpha value is -1.49. The van der Waals surface area contributed by atoms with Gasteiger partial charge in [-0.3, -0.25) is 0 Å². The first-order valence-electron chi connectivity index (χ1n) is 6.37. The molecule has 2 unspecified atom stereocenters. The van der Waals surface area contributed by atoms with Crippen LogP contribution in [-0.4, -0.2) is 42.7 Å². The molecule has 5 heteroatoms. The van der Waals surface area contributed by atoms with E-state index >= 15 is 0 Å². The van der Waals surface area contributed by atoms with Crippen LogP contribution in [0.25, 0.3) is 0 Å².